The van der Waals surface area contributed by atoms with Crippen molar-refractivity contribution in [3.05, 3.63) is 31.9 Å². The summed E-state index contributed by atoms with van der Waals surface area (Å²) in [5, 5.41) is 18.9. The Bertz CT molecular complexity index is 356. The molecule has 70 valence electrons. The van der Waals surface area contributed by atoms with Gasteiger partial charge in [0.1, 0.15) is 4.92 Å². The normalized spacial score (nSPS) is 9.62. The molecule has 0 bridgehead atoms. The lowest BCUT2D eigenvalue weighted by atomic mass is 10.4. The molecule has 1 heterocycles. The highest BCUT2D eigenvalue weighted by molar-refractivity contribution is 5.32. The van der Waals surface area contributed by atoms with Crippen LogP contribution in [0.5, 0.6) is 5.95 Å². The predicted octanol–water partition coefficient (Wildman–Crippen LogP) is 1.07. The average Bonchev–Trinajstić information content (AvgIpc) is 2.29. The molecule has 0 radical (unpaired) electrons. The smallest absolute Gasteiger partial charge is 0.378 e. The Morgan fingerprint density at radius 1 is 1.46 bits per heavy atom. The first-order chi connectivity index (χ1) is 6.00. The molecular weight excluding hydrogens is 184 g/mol. The highest BCUT2D eigenvalue weighted by Gasteiger charge is 2.19. The fraction of sp³-hybridized carbons (Fsp3) is 0.200. The Morgan fingerprint density at radius 2 is 2.08 bits per heavy atom. The van der Waals surface area contributed by atoms with Gasteiger partial charge in [-0.25, -0.2) is 4.84 Å². The lowest BCUT2D eigenvalue weighted by molar-refractivity contribution is -0.714. The summed E-state index contributed by atoms with van der Waals surface area (Å²) in [6.07, 6.45) is 0. The number of aryl methyl sites for hydroxylation is 1. The van der Waals surface area contributed by atoms with Gasteiger partial charge in [0.05, 0.1) is 5.56 Å². The molecule has 0 aliphatic rings. The van der Waals surface area contributed by atoms with Gasteiger partial charge < -0.3 is 4.42 Å². The Morgan fingerprint density at radius 3 is 2.46 bits per heavy atom. The summed E-state index contributed by atoms with van der Waals surface area (Å²) in [6, 6.07) is 1.07. The minimum atomic E-state index is -1.11. The second kappa shape index (κ2) is 3.09. The SMILES string of the molecule is Cc1cc(O[N+](=O)[O-])oc1[N+](=O)[O-]. The number of nitro groups is 1. The second-order valence-electron chi connectivity index (χ2n) is 2.13. The first-order valence-corrected chi connectivity index (χ1v) is 3.08. The van der Waals surface area contributed by atoms with Crippen LogP contribution in [-0.2, 0) is 0 Å². The quantitative estimate of drug-likeness (QED) is 0.518. The Kier molecular flexibility index (Phi) is 2.13. The van der Waals surface area contributed by atoms with E-state index in [1.165, 1.54) is 6.92 Å². The van der Waals surface area contributed by atoms with Crippen LogP contribution in [0.25, 0.3) is 0 Å². The molecule has 0 aliphatic heterocycles. The summed E-state index contributed by atoms with van der Waals surface area (Å²) in [7, 11) is 0. The third-order valence-electron chi connectivity index (χ3n) is 1.20. The van der Waals surface area contributed by atoms with Gasteiger partial charge in [-0.05, 0) is 6.92 Å². The van der Waals surface area contributed by atoms with Crippen molar-refractivity contribution >= 4 is 5.88 Å². The second-order valence-corrected chi connectivity index (χ2v) is 2.13. The lowest BCUT2D eigenvalue weighted by Gasteiger charge is -1.87. The Hall–Kier alpha value is -2.12. The average molecular weight is 188 g/mol. The van der Waals surface area contributed by atoms with E-state index in [-0.39, 0.29) is 5.56 Å². The predicted molar refractivity (Wildman–Crippen MR) is 37.7 cm³/mol. The van der Waals surface area contributed by atoms with Crippen LogP contribution in [0, 0.1) is 27.2 Å². The number of rotatable bonds is 3. The van der Waals surface area contributed by atoms with Gasteiger partial charge in [-0.3, -0.25) is 10.1 Å². The van der Waals surface area contributed by atoms with Gasteiger partial charge in [-0.2, -0.15) is 0 Å². The van der Waals surface area contributed by atoms with E-state index < -0.39 is 21.8 Å². The molecule has 0 aromatic carbocycles. The molecule has 8 heteroatoms. The molecule has 0 amide bonds. The van der Waals surface area contributed by atoms with Crippen molar-refractivity contribution in [2.24, 2.45) is 0 Å². The number of hydrogen-bond donors (Lipinski definition) is 0. The first-order valence-electron chi connectivity index (χ1n) is 3.08. The van der Waals surface area contributed by atoms with Gasteiger partial charge >= 0.3 is 11.0 Å². The van der Waals surface area contributed by atoms with Crippen LogP contribution in [0.4, 0.5) is 5.88 Å². The molecule has 8 nitrogen and oxygen atoms in total. The van der Waals surface area contributed by atoms with E-state index in [0.29, 0.717) is 0 Å². The fourth-order valence-electron chi connectivity index (χ4n) is 0.743. The van der Waals surface area contributed by atoms with Crippen LogP contribution >= 0.6 is 0 Å². The van der Waals surface area contributed by atoms with E-state index in [1.807, 2.05) is 0 Å². The summed E-state index contributed by atoms with van der Waals surface area (Å²) in [6.45, 7) is 1.38. The number of hydrogen-bond acceptors (Lipinski definition) is 6. The zero-order valence-corrected chi connectivity index (χ0v) is 6.42. The topological polar surface area (TPSA) is 109 Å². The molecule has 0 fully saturated rings. The summed E-state index contributed by atoms with van der Waals surface area (Å²) >= 11 is 0. The summed E-state index contributed by atoms with van der Waals surface area (Å²) in [5.74, 6) is -1.06. The lowest BCUT2D eigenvalue weighted by Crippen LogP contribution is -2.02. The first kappa shape index (κ1) is 8.97. The van der Waals surface area contributed by atoms with E-state index in [0.717, 1.165) is 6.07 Å². The minimum Gasteiger partial charge on any atom is -0.378 e. The van der Waals surface area contributed by atoms with Crippen LogP contribution in [0.3, 0.4) is 0 Å². The van der Waals surface area contributed by atoms with Crippen LogP contribution in [0.15, 0.2) is 10.5 Å². The Balaban J connectivity index is 2.95. The number of nitrogens with zero attached hydrogens (tertiary/aromatic N) is 2. The van der Waals surface area contributed by atoms with Crippen molar-refractivity contribution in [2.75, 3.05) is 0 Å². The molecule has 0 spiro atoms. The van der Waals surface area contributed by atoms with Gasteiger partial charge in [0.2, 0.25) is 0 Å². The van der Waals surface area contributed by atoms with Gasteiger partial charge in [0.25, 0.3) is 5.95 Å². The molecule has 1 aromatic rings. The molecule has 1 aromatic heterocycles. The molecule has 0 N–H and O–H groups in total. The van der Waals surface area contributed by atoms with Crippen molar-refractivity contribution in [3.8, 4) is 5.95 Å². The fourth-order valence-corrected chi connectivity index (χ4v) is 0.743. The molecule has 0 saturated carbocycles. The van der Waals surface area contributed by atoms with Crippen molar-refractivity contribution < 1.29 is 19.3 Å². The minimum absolute atomic E-state index is 0.168. The number of furan rings is 1. The molecule has 0 unspecified atom stereocenters. The van der Waals surface area contributed by atoms with Crippen LogP contribution < -0.4 is 4.84 Å². The molecule has 1 rings (SSSR count). The molecule has 13 heavy (non-hydrogen) atoms. The van der Waals surface area contributed by atoms with Crippen LogP contribution in [-0.4, -0.2) is 10.0 Å². The summed E-state index contributed by atoms with van der Waals surface area (Å²) in [5.41, 5.74) is 0.168. The summed E-state index contributed by atoms with van der Waals surface area (Å²) in [4.78, 5) is 23.1. The molecule has 0 aliphatic carbocycles. The van der Waals surface area contributed by atoms with Gasteiger partial charge in [-0.15, -0.1) is 10.1 Å². The third kappa shape index (κ3) is 1.92. The van der Waals surface area contributed by atoms with E-state index in [9.17, 15) is 20.2 Å². The van der Waals surface area contributed by atoms with Gasteiger partial charge in [0.15, 0.2) is 0 Å². The molecular formula is C5H4N2O6. The van der Waals surface area contributed by atoms with E-state index in [2.05, 4.69) is 9.25 Å². The van der Waals surface area contributed by atoms with Gasteiger partial charge in [-0.1, -0.05) is 0 Å². The van der Waals surface area contributed by atoms with E-state index in [1.54, 1.807) is 0 Å². The maximum absolute atomic E-state index is 10.2. The van der Waals surface area contributed by atoms with Crippen LogP contribution in [0.1, 0.15) is 5.56 Å². The Labute approximate surface area is 71.0 Å². The zero-order valence-electron chi connectivity index (χ0n) is 6.42. The van der Waals surface area contributed by atoms with E-state index >= 15 is 0 Å². The highest BCUT2D eigenvalue weighted by Crippen LogP contribution is 2.27. The maximum atomic E-state index is 10.2. The highest BCUT2D eigenvalue weighted by atomic mass is 17.0. The standard InChI is InChI=1S/C5H4N2O6/c1-3-2-4(13-7(10)11)12-5(3)6(8)9/h2H,1H3. The molecule has 0 saturated heterocycles. The maximum Gasteiger partial charge on any atom is 0.437 e. The van der Waals surface area contributed by atoms with Crippen molar-refractivity contribution in [2.45, 2.75) is 6.92 Å². The van der Waals surface area contributed by atoms with Crippen molar-refractivity contribution in [1.82, 2.24) is 0 Å². The monoisotopic (exact) mass is 188 g/mol. The molecule has 0 atom stereocenters. The van der Waals surface area contributed by atoms with E-state index in [4.69, 9.17) is 0 Å². The van der Waals surface area contributed by atoms with Crippen molar-refractivity contribution in [3.63, 3.8) is 0 Å². The largest absolute Gasteiger partial charge is 0.437 e. The van der Waals surface area contributed by atoms with Crippen molar-refractivity contribution in [1.29, 1.82) is 0 Å². The van der Waals surface area contributed by atoms with Gasteiger partial charge in [0, 0.05) is 6.07 Å². The third-order valence-corrected chi connectivity index (χ3v) is 1.20. The summed E-state index contributed by atoms with van der Waals surface area (Å²) < 4.78 is 4.42. The zero-order chi connectivity index (χ0) is 10.0. The van der Waals surface area contributed by atoms with Crippen LogP contribution in [0.2, 0.25) is 0 Å².